The van der Waals surface area contributed by atoms with Crippen molar-refractivity contribution in [2.24, 2.45) is 0 Å². The molecule has 1 aromatic carbocycles. The molecule has 0 saturated heterocycles. The van der Waals surface area contributed by atoms with Crippen LogP contribution >= 0.6 is 11.8 Å². The molecule has 20 heavy (non-hydrogen) atoms. The van der Waals surface area contributed by atoms with Crippen LogP contribution in [0.25, 0.3) is 0 Å². The first-order chi connectivity index (χ1) is 9.63. The smallest absolute Gasteiger partial charge is 0.240 e. The van der Waals surface area contributed by atoms with Crippen LogP contribution in [-0.2, 0) is 16.4 Å². The molecule has 1 heterocycles. The van der Waals surface area contributed by atoms with Gasteiger partial charge in [0.2, 0.25) is 10.0 Å². The van der Waals surface area contributed by atoms with Gasteiger partial charge in [0, 0.05) is 30.3 Å². The second-order valence-electron chi connectivity index (χ2n) is 4.61. The van der Waals surface area contributed by atoms with Gasteiger partial charge >= 0.3 is 0 Å². The maximum absolute atomic E-state index is 12.2. The molecule has 4 nitrogen and oxygen atoms in total. The SMILES string of the molecule is C=CCSCCNS(=O)(=O)c1ccc2c(c1)CCCN2. The summed E-state index contributed by atoms with van der Waals surface area (Å²) in [7, 11) is -3.40. The number of benzene rings is 1. The summed E-state index contributed by atoms with van der Waals surface area (Å²) >= 11 is 1.66. The Bertz CT molecular complexity index is 571. The van der Waals surface area contributed by atoms with Gasteiger partial charge in [-0.2, -0.15) is 11.8 Å². The van der Waals surface area contributed by atoms with Crippen molar-refractivity contribution in [2.45, 2.75) is 17.7 Å². The van der Waals surface area contributed by atoms with E-state index in [4.69, 9.17) is 0 Å². The number of thioether (sulfide) groups is 1. The number of nitrogens with one attached hydrogen (secondary N) is 2. The van der Waals surface area contributed by atoms with Gasteiger partial charge in [-0.1, -0.05) is 6.08 Å². The second kappa shape index (κ2) is 7.15. The van der Waals surface area contributed by atoms with Crippen molar-refractivity contribution in [3.05, 3.63) is 36.4 Å². The lowest BCUT2D eigenvalue weighted by Crippen LogP contribution is -2.26. The van der Waals surface area contributed by atoms with Crippen LogP contribution in [0.2, 0.25) is 0 Å². The molecule has 1 aliphatic heterocycles. The summed E-state index contributed by atoms with van der Waals surface area (Å²) in [5.41, 5.74) is 2.14. The lowest BCUT2D eigenvalue weighted by Gasteiger charge is -2.18. The number of anilines is 1. The van der Waals surface area contributed by atoms with Gasteiger partial charge < -0.3 is 5.32 Å². The summed E-state index contributed by atoms with van der Waals surface area (Å²) < 4.78 is 27.0. The highest BCUT2D eigenvalue weighted by Crippen LogP contribution is 2.24. The third-order valence-electron chi connectivity index (χ3n) is 3.10. The first kappa shape index (κ1) is 15.4. The highest BCUT2D eigenvalue weighted by atomic mass is 32.2. The monoisotopic (exact) mass is 312 g/mol. The lowest BCUT2D eigenvalue weighted by molar-refractivity contribution is 0.584. The molecular weight excluding hydrogens is 292 g/mol. The van der Waals surface area contributed by atoms with E-state index >= 15 is 0 Å². The van der Waals surface area contributed by atoms with Crippen molar-refractivity contribution in [2.75, 3.05) is 29.9 Å². The summed E-state index contributed by atoms with van der Waals surface area (Å²) in [5, 5.41) is 3.28. The molecular formula is C14H20N2O2S2. The molecule has 0 spiro atoms. The zero-order chi connectivity index (χ0) is 14.4. The van der Waals surface area contributed by atoms with Crippen LogP contribution in [0.4, 0.5) is 5.69 Å². The molecule has 0 aromatic heterocycles. The second-order valence-corrected chi connectivity index (χ2v) is 7.53. The number of hydrogen-bond donors (Lipinski definition) is 2. The molecule has 0 aliphatic carbocycles. The fourth-order valence-electron chi connectivity index (χ4n) is 2.12. The van der Waals surface area contributed by atoms with E-state index < -0.39 is 10.0 Å². The van der Waals surface area contributed by atoms with E-state index in [1.807, 2.05) is 12.1 Å². The van der Waals surface area contributed by atoms with Crippen molar-refractivity contribution < 1.29 is 8.42 Å². The Morgan fingerprint density at radius 1 is 1.45 bits per heavy atom. The number of hydrogen-bond acceptors (Lipinski definition) is 4. The summed E-state index contributed by atoms with van der Waals surface area (Å²) in [6.45, 7) is 5.03. The van der Waals surface area contributed by atoms with Crippen LogP contribution in [0.3, 0.4) is 0 Å². The van der Waals surface area contributed by atoms with E-state index in [-0.39, 0.29) is 0 Å². The van der Waals surface area contributed by atoms with Crippen LogP contribution in [0, 0.1) is 0 Å². The third-order valence-corrected chi connectivity index (χ3v) is 5.52. The summed E-state index contributed by atoms with van der Waals surface area (Å²) in [6, 6.07) is 5.30. The largest absolute Gasteiger partial charge is 0.385 e. The minimum absolute atomic E-state index is 0.355. The minimum atomic E-state index is -3.40. The highest BCUT2D eigenvalue weighted by Gasteiger charge is 2.16. The van der Waals surface area contributed by atoms with Crippen molar-refractivity contribution >= 4 is 27.5 Å². The Hall–Kier alpha value is -0.980. The van der Waals surface area contributed by atoms with Crippen molar-refractivity contribution in [3.63, 3.8) is 0 Å². The number of aryl methyl sites for hydroxylation is 1. The zero-order valence-corrected chi connectivity index (χ0v) is 13.0. The third kappa shape index (κ3) is 4.01. The van der Waals surface area contributed by atoms with Gasteiger partial charge in [-0.25, -0.2) is 13.1 Å². The minimum Gasteiger partial charge on any atom is -0.385 e. The Morgan fingerprint density at radius 2 is 2.30 bits per heavy atom. The molecule has 2 rings (SSSR count). The van der Waals surface area contributed by atoms with Crippen LogP contribution < -0.4 is 10.0 Å². The number of rotatable bonds is 7. The van der Waals surface area contributed by atoms with Crippen molar-refractivity contribution in [3.8, 4) is 0 Å². The Morgan fingerprint density at radius 3 is 3.10 bits per heavy atom. The van der Waals surface area contributed by atoms with Crippen molar-refractivity contribution in [1.29, 1.82) is 0 Å². The fraction of sp³-hybridized carbons (Fsp3) is 0.429. The average molecular weight is 312 g/mol. The first-order valence-corrected chi connectivity index (χ1v) is 9.32. The van der Waals surface area contributed by atoms with Gasteiger partial charge in [0.15, 0.2) is 0 Å². The molecule has 0 amide bonds. The maximum Gasteiger partial charge on any atom is 0.240 e. The molecule has 6 heteroatoms. The first-order valence-electron chi connectivity index (χ1n) is 6.68. The van der Waals surface area contributed by atoms with Crippen LogP contribution in [0.15, 0.2) is 35.7 Å². The fourth-order valence-corrected chi connectivity index (χ4v) is 3.91. The van der Waals surface area contributed by atoms with E-state index in [9.17, 15) is 8.42 Å². The molecule has 0 bridgehead atoms. The van der Waals surface area contributed by atoms with E-state index in [2.05, 4.69) is 16.6 Å². The van der Waals surface area contributed by atoms with Gasteiger partial charge in [0.25, 0.3) is 0 Å². The molecule has 0 fully saturated rings. The Kier molecular flexibility index (Phi) is 5.51. The van der Waals surface area contributed by atoms with Crippen molar-refractivity contribution in [1.82, 2.24) is 4.72 Å². The number of sulfonamides is 1. The van der Waals surface area contributed by atoms with Crippen LogP contribution in [-0.4, -0.2) is 33.0 Å². The summed E-state index contributed by atoms with van der Waals surface area (Å²) in [6.07, 6.45) is 3.79. The van der Waals surface area contributed by atoms with E-state index in [0.29, 0.717) is 11.4 Å². The standard InChI is InChI=1S/C14H20N2O2S2/c1-2-9-19-10-8-16-20(17,18)13-5-6-14-12(11-13)4-3-7-15-14/h2,5-6,11,15-16H,1,3-4,7-10H2. The molecule has 2 N–H and O–H groups in total. The van der Waals surface area contributed by atoms with E-state index in [1.165, 1.54) is 0 Å². The molecule has 1 aromatic rings. The van der Waals surface area contributed by atoms with Crippen LogP contribution in [0.1, 0.15) is 12.0 Å². The predicted molar refractivity (Wildman–Crippen MR) is 86.0 cm³/mol. The van der Waals surface area contributed by atoms with Gasteiger partial charge in [-0.3, -0.25) is 0 Å². The molecule has 0 atom stereocenters. The van der Waals surface area contributed by atoms with Gasteiger partial charge in [-0.05, 0) is 36.6 Å². The van der Waals surface area contributed by atoms with Crippen LogP contribution in [0.5, 0.6) is 0 Å². The number of fused-ring (bicyclic) bond motifs is 1. The molecule has 1 aliphatic rings. The van der Waals surface area contributed by atoms with E-state index in [0.717, 1.165) is 42.1 Å². The molecule has 0 saturated carbocycles. The van der Waals surface area contributed by atoms with E-state index in [1.54, 1.807) is 23.9 Å². The molecule has 110 valence electrons. The Labute approximate surface area is 125 Å². The lowest BCUT2D eigenvalue weighted by atomic mass is 10.0. The maximum atomic E-state index is 12.2. The zero-order valence-electron chi connectivity index (χ0n) is 11.4. The molecule has 0 unspecified atom stereocenters. The summed E-state index contributed by atoms with van der Waals surface area (Å²) in [5.74, 6) is 1.59. The average Bonchev–Trinajstić information content (AvgIpc) is 2.46. The Balaban J connectivity index is 2.00. The van der Waals surface area contributed by atoms with Gasteiger partial charge in [0.1, 0.15) is 0 Å². The summed E-state index contributed by atoms with van der Waals surface area (Å²) in [4.78, 5) is 0.355. The van der Waals surface area contributed by atoms with Gasteiger partial charge in [0.05, 0.1) is 4.90 Å². The highest BCUT2D eigenvalue weighted by molar-refractivity contribution is 7.99. The molecule has 0 radical (unpaired) electrons. The normalized spacial score (nSPS) is 14.4. The quantitative estimate of drug-likeness (QED) is 0.599. The van der Waals surface area contributed by atoms with Gasteiger partial charge in [-0.15, -0.1) is 6.58 Å². The topological polar surface area (TPSA) is 58.2 Å². The predicted octanol–water partition coefficient (Wildman–Crippen LogP) is 2.24.